The Morgan fingerprint density at radius 1 is 1.31 bits per heavy atom. The van der Waals surface area contributed by atoms with Crippen LogP contribution in [0.5, 0.6) is 0 Å². The lowest BCUT2D eigenvalue weighted by atomic mass is 10.2. The number of benzene rings is 1. The number of hydrogen-bond acceptors (Lipinski definition) is 2. The molecule has 0 aliphatic rings. The molecule has 1 aromatic rings. The van der Waals surface area contributed by atoms with E-state index in [0.717, 1.165) is 12.1 Å². The third-order valence-electron chi connectivity index (χ3n) is 1.46. The van der Waals surface area contributed by atoms with Crippen LogP contribution in [-0.2, 0) is 9.05 Å². The maximum absolute atomic E-state index is 12.4. The van der Waals surface area contributed by atoms with Gasteiger partial charge in [-0.1, -0.05) is 18.7 Å². The van der Waals surface area contributed by atoms with Gasteiger partial charge in [0.05, 0.1) is 4.91 Å². The molecule has 0 unspecified atom stereocenters. The molecule has 0 N–H and O–H groups in total. The zero-order valence-electron chi connectivity index (χ0n) is 6.50. The van der Waals surface area contributed by atoms with Gasteiger partial charge < -0.3 is 0 Å². The van der Waals surface area contributed by atoms with Crippen molar-refractivity contribution < 1.29 is 12.8 Å². The molecule has 0 bridgehead atoms. The molecular formula is C8H6ClFO2S. The fourth-order valence-corrected chi connectivity index (χ4v) is 1.46. The van der Waals surface area contributed by atoms with E-state index in [4.69, 9.17) is 10.7 Å². The van der Waals surface area contributed by atoms with Crippen molar-refractivity contribution in [2.75, 3.05) is 0 Å². The van der Waals surface area contributed by atoms with Crippen LogP contribution in [0.1, 0.15) is 5.56 Å². The van der Waals surface area contributed by atoms with Crippen molar-refractivity contribution in [2.24, 2.45) is 0 Å². The SMILES string of the molecule is C=C(c1ccc(F)cc1)S(=O)(=O)Cl. The highest BCUT2D eigenvalue weighted by Gasteiger charge is 2.13. The van der Waals surface area contributed by atoms with E-state index in [1.54, 1.807) is 0 Å². The summed E-state index contributed by atoms with van der Waals surface area (Å²) in [7, 11) is 1.22. The van der Waals surface area contributed by atoms with Crippen molar-refractivity contribution in [1.82, 2.24) is 0 Å². The van der Waals surface area contributed by atoms with Crippen molar-refractivity contribution in [3.63, 3.8) is 0 Å². The van der Waals surface area contributed by atoms with Gasteiger partial charge in [0, 0.05) is 10.7 Å². The molecule has 0 amide bonds. The van der Waals surface area contributed by atoms with E-state index in [1.165, 1.54) is 12.1 Å². The van der Waals surface area contributed by atoms with Gasteiger partial charge in [-0.25, -0.2) is 12.8 Å². The van der Waals surface area contributed by atoms with Crippen LogP contribution in [0.25, 0.3) is 4.91 Å². The zero-order valence-corrected chi connectivity index (χ0v) is 8.07. The second-order valence-corrected chi connectivity index (χ2v) is 4.96. The summed E-state index contributed by atoms with van der Waals surface area (Å²) in [6.45, 7) is 3.28. The Labute approximate surface area is 80.1 Å². The van der Waals surface area contributed by atoms with Crippen molar-refractivity contribution in [3.8, 4) is 0 Å². The molecule has 0 saturated carbocycles. The Balaban J connectivity index is 3.12. The molecule has 70 valence electrons. The predicted octanol–water partition coefficient (Wildman–Crippen LogP) is 2.37. The number of hydrogen-bond donors (Lipinski definition) is 0. The van der Waals surface area contributed by atoms with Crippen LogP contribution in [0.4, 0.5) is 4.39 Å². The maximum atomic E-state index is 12.4. The summed E-state index contributed by atoms with van der Waals surface area (Å²) in [6, 6.07) is 4.89. The van der Waals surface area contributed by atoms with E-state index >= 15 is 0 Å². The predicted molar refractivity (Wildman–Crippen MR) is 50.2 cm³/mol. The Morgan fingerprint density at radius 2 is 1.77 bits per heavy atom. The highest BCUT2D eigenvalue weighted by molar-refractivity contribution is 8.21. The van der Waals surface area contributed by atoms with E-state index in [-0.39, 0.29) is 10.5 Å². The van der Waals surface area contributed by atoms with Crippen LogP contribution in [-0.4, -0.2) is 8.42 Å². The molecule has 0 saturated heterocycles. The van der Waals surface area contributed by atoms with E-state index in [1.807, 2.05) is 0 Å². The lowest BCUT2D eigenvalue weighted by Gasteiger charge is -2.00. The third kappa shape index (κ3) is 2.54. The Hall–Kier alpha value is -0.870. The standard InChI is InChI=1S/C8H6ClFO2S/c1-6(13(9,11)12)7-2-4-8(10)5-3-7/h2-5H,1H2. The van der Waals surface area contributed by atoms with Gasteiger partial charge in [0.2, 0.25) is 0 Å². The van der Waals surface area contributed by atoms with E-state index < -0.39 is 14.9 Å². The maximum Gasteiger partial charge on any atom is 0.261 e. The molecular weight excluding hydrogens is 215 g/mol. The summed E-state index contributed by atoms with van der Waals surface area (Å²) in [4.78, 5) is -0.228. The van der Waals surface area contributed by atoms with Crippen molar-refractivity contribution in [2.45, 2.75) is 0 Å². The van der Waals surface area contributed by atoms with E-state index in [9.17, 15) is 12.8 Å². The van der Waals surface area contributed by atoms with E-state index in [0.29, 0.717) is 0 Å². The minimum Gasteiger partial charge on any atom is -0.207 e. The van der Waals surface area contributed by atoms with Gasteiger partial charge in [-0.05, 0) is 17.7 Å². The molecule has 0 aromatic heterocycles. The Bertz CT molecular complexity index is 422. The molecule has 0 aliphatic heterocycles. The van der Waals surface area contributed by atoms with Gasteiger partial charge in [0.1, 0.15) is 5.82 Å². The summed E-state index contributed by atoms with van der Waals surface area (Å²) >= 11 is 0. The normalized spacial score (nSPS) is 11.2. The lowest BCUT2D eigenvalue weighted by molar-refractivity contribution is 0.618. The summed E-state index contributed by atoms with van der Waals surface area (Å²) in [5.41, 5.74) is 0.288. The summed E-state index contributed by atoms with van der Waals surface area (Å²) in [5.74, 6) is -0.441. The summed E-state index contributed by atoms with van der Waals surface area (Å²) in [5, 5.41) is 0. The fourth-order valence-electron chi connectivity index (χ4n) is 0.777. The van der Waals surface area contributed by atoms with Crippen LogP contribution in [0.2, 0.25) is 0 Å². The van der Waals surface area contributed by atoms with Crippen molar-refractivity contribution in [1.29, 1.82) is 0 Å². The number of rotatable bonds is 2. The Morgan fingerprint density at radius 3 is 2.15 bits per heavy atom. The van der Waals surface area contributed by atoms with Gasteiger partial charge in [-0.15, -0.1) is 0 Å². The molecule has 0 aliphatic carbocycles. The quantitative estimate of drug-likeness (QED) is 0.717. The molecule has 1 aromatic carbocycles. The molecule has 0 heterocycles. The first-order valence-electron chi connectivity index (χ1n) is 3.31. The molecule has 0 fully saturated rings. The summed E-state index contributed by atoms with van der Waals surface area (Å²) in [6.07, 6.45) is 0. The first-order chi connectivity index (χ1) is 5.91. The average molecular weight is 221 g/mol. The zero-order chi connectivity index (χ0) is 10.1. The largest absolute Gasteiger partial charge is 0.261 e. The topological polar surface area (TPSA) is 34.1 Å². The average Bonchev–Trinajstić information content (AvgIpc) is 2.03. The van der Waals surface area contributed by atoms with Gasteiger partial charge in [0.25, 0.3) is 9.05 Å². The van der Waals surface area contributed by atoms with Gasteiger partial charge in [-0.3, -0.25) is 0 Å². The van der Waals surface area contributed by atoms with Crippen molar-refractivity contribution in [3.05, 3.63) is 42.2 Å². The van der Waals surface area contributed by atoms with Crippen LogP contribution in [0.3, 0.4) is 0 Å². The second-order valence-electron chi connectivity index (χ2n) is 2.37. The van der Waals surface area contributed by atoms with E-state index in [2.05, 4.69) is 6.58 Å². The monoisotopic (exact) mass is 220 g/mol. The van der Waals surface area contributed by atoms with Crippen molar-refractivity contribution >= 4 is 24.6 Å². The van der Waals surface area contributed by atoms with Crippen LogP contribution >= 0.6 is 10.7 Å². The molecule has 0 spiro atoms. The number of halogens is 2. The minimum absolute atomic E-state index is 0.228. The molecule has 1 rings (SSSR count). The highest BCUT2D eigenvalue weighted by Crippen LogP contribution is 2.22. The highest BCUT2D eigenvalue weighted by atomic mass is 35.7. The third-order valence-corrected chi connectivity index (χ3v) is 2.84. The van der Waals surface area contributed by atoms with Crippen LogP contribution < -0.4 is 0 Å². The first kappa shape index (κ1) is 10.2. The Kier molecular flexibility index (Phi) is 2.73. The van der Waals surface area contributed by atoms with Gasteiger partial charge in [0.15, 0.2) is 0 Å². The summed E-state index contributed by atoms with van der Waals surface area (Å²) < 4.78 is 34.0. The smallest absolute Gasteiger partial charge is 0.207 e. The van der Waals surface area contributed by atoms with Gasteiger partial charge in [-0.2, -0.15) is 0 Å². The minimum atomic E-state index is -3.81. The fraction of sp³-hybridized carbons (Fsp3) is 0. The lowest BCUT2D eigenvalue weighted by Crippen LogP contribution is -1.92. The molecule has 13 heavy (non-hydrogen) atoms. The van der Waals surface area contributed by atoms with Crippen LogP contribution in [0, 0.1) is 5.82 Å². The molecule has 2 nitrogen and oxygen atoms in total. The molecule has 0 atom stereocenters. The van der Waals surface area contributed by atoms with Crippen LogP contribution in [0.15, 0.2) is 30.8 Å². The second kappa shape index (κ2) is 3.47. The molecule has 5 heteroatoms. The van der Waals surface area contributed by atoms with Gasteiger partial charge >= 0.3 is 0 Å². The first-order valence-corrected chi connectivity index (χ1v) is 5.62. The molecule has 0 radical (unpaired) electrons.